The summed E-state index contributed by atoms with van der Waals surface area (Å²) < 4.78 is 26.6. The van der Waals surface area contributed by atoms with Crippen LogP contribution >= 0.6 is 7.37 Å². The summed E-state index contributed by atoms with van der Waals surface area (Å²) in [4.78, 5) is 28.3. The second-order valence-electron chi connectivity index (χ2n) is 9.10. The number of aliphatic hydroxyl groups is 1. The third-order valence-electron chi connectivity index (χ3n) is 5.85. The molecule has 0 bridgehead atoms. The monoisotopic (exact) mass is 543 g/mol. The Bertz CT molecular complexity index is 1260. The quantitative estimate of drug-likeness (QED) is 0.227. The van der Waals surface area contributed by atoms with E-state index >= 15 is 0 Å². The van der Waals surface area contributed by atoms with Gasteiger partial charge in [0, 0.05) is 37.2 Å². The van der Waals surface area contributed by atoms with Crippen LogP contribution in [0.4, 0.5) is 4.39 Å². The number of pyridine rings is 1. The molecule has 37 heavy (non-hydrogen) atoms. The molecule has 0 aliphatic carbocycles. The minimum atomic E-state index is -4.10. The fourth-order valence-electron chi connectivity index (χ4n) is 4.21. The van der Waals surface area contributed by atoms with Crippen LogP contribution in [-0.2, 0) is 15.8 Å². The second-order valence-corrected chi connectivity index (χ2v) is 11.5. The van der Waals surface area contributed by atoms with E-state index in [0.29, 0.717) is 5.56 Å². The van der Waals surface area contributed by atoms with Crippen LogP contribution in [0.2, 0.25) is 0 Å². The average Bonchev–Trinajstić information content (AvgIpc) is 2.77. The molecule has 3 rings (SSSR count). The van der Waals surface area contributed by atoms with Crippen LogP contribution in [0.15, 0.2) is 54.6 Å². The van der Waals surface area contributed by atoms with Gasteiger partial charge < -0.3 is 24.5 Å². The number of halogens is 1. The van der Waals surface area contributed by atoms with Crippen molar-refractivity contribution in [3.05, 3.63) is 77.2 Å². The number of hydrogen-bond acceptors (Lipinski definition) is 6. The van der Waals surface area contributed by atoms with Gasteiger partial charge in [0.1, 0.15) is 5.82 Å². The summed E-state index contributed by atoms with van der Waals surface area (Å²) in [5, 5.41) is 20.5. The topological polar surface area (TPSA) is 113 Å². The van der Waals surface area contributed by atoms with E-state index in [1.165, 1.54) is 12.1 Å². The smallest absolute Gasteiger partial charge is 0.799 e. The number of carboxylic acids is 1. The molecule has 0 saturated heterocycles. The van der Waals surface area contributed by atoms with E-state index < -0.39 is 32.0 Å². The minimum Gasteiger partial charge on any atom is -0.799 e. The maximum Gasteiger partial charge on any atom is 1.00 e. The van der Waals surface area contributed by atoms with Crippen LogP contribution in [0.25, 0.3) is 22.4 Å². The van der Waals surface area contributed by atoms with Crippen molar-refractivity contribution in [3.63, 3.8) is 0 Å². The number of hydrogen-bond donors (Lipinski definition) is 1. The molecule has 0 radical (unpaired) electrons. The first-order valence-electron chi connectivity index (χ1n) is 11.5. The molecule has 10 heteroatoms. The Kier molecular flexibility index (Phi) is 13.9. The van der Waals surface area contributed by atoms with Crippen molar-refractivity contribution in [3.8, 4) is 22.4 Å². The van der Waals surface area contributed by atoms with Crippen molar-refractivity contribution in [1.82, 2.24) is 4.98 Å². The zero-order chi connectivity index (χ0) is 25.8. The van der Waals surface area contributed by atoms with Gasteiger partial charge in [0.25, 0.3) is 0 Å². The Morgan fingerprint density at radius 3 is 2.30 bits per heavy atom. The number of rotatable bonds is 10. The number of carbonyl (C=O) groups excluding carboxylic acids is 1. The molecule has 1 heterocycles. The summed E-state index contributed by atoms with van der Waals surface area (Å²) in [5.74, 6) is -1.89. The maximum atomic E-state index is 13.9. The van der Waals surface area contributed by atoms with Crippen molar-refractivity contribution >= 4 is 13.3 Å². The molecule has 1 aromatic heterocycles. The number of nitrogens with zero attached hydrogens (tertiary/aromatic N) is 1. The van der Waals surface area contributed by atoms with Crippen molar-refractivity contribution < 1.29 is 88.0 Å². The van der Waals surface area contributed by atoms with E-state index in [1.54, 1.807) is 13.0 Å². The Balaban J connectivity index is 0.00000342. The summed E-state index contributed by atoms with van der Waals surface area (Å²) in [6, 6.07) is 16.0. The zero-order valence-electron chi connectivity index (χ0n) is 22.0. The predicted octanol–water partition coefficient (Wildman–Crippen LogP) is -2.32. The van der Waals surface area contributed by atoms with Gasteiger partial charge >= 0.3 is 59.1 Å². The molecule has 0 fully saturated rings. The van der Waals surface area contributed by atoms with Gasteiger partial charge in [0.05, 0.1) is 11.8 Å². The zero-order valence-corrected chi connectivity index (χ0v) is 26.9. The van der Waals surface area contributed by atoms with E-state index in [4.69, 9.17) is 4.98 Å². The average molecular weight is 543 g/mol. The first-order chi connectivity index (χ1) is 16.5. The molecule has 0 spiro atoms. The molecule has 0 amide bonds. The van der Waals surface area contributed by atoms with Crippen LogP contribution < -0.4 is 69.1 Å². The third kappa shape index (κ3) is 9.68. The Hall–Kier alpha value is -0.860. The summed E-state index contributed by atoms with van der Waals surface area (Å²) in [6.07, 6.45) is -3.04. The van der Waals surface area contributed by atoms with Gasteiger partial charge in [-0.15, -0.1) is 0 Å². The normalized spacial score (nSPS) is 13.3. The second kappa shape index (κ2) is 15.1. The molecule has 1 unspecified atom stereocenters. The summed E-state index contributed by atoms with van der Waals surface area (Å²) in [6.45, 7) is 5.75. The minimum absolute atomic E-state index is 0. The van der Waals surface area contributed by atoms with Crippen molar-refractivity contribution in [2.75, 3.05) is 12.3 Å². The summed E-state index contributed by atoms with van der Waals surface area (Å²) in [7, 11) is -4.10. The van der Waals surface area contributed by atoms with Gasteiger partial charge in [0.15, 0.2) is 0 Å². The van der Waals surface area contributed by atoms with E-state index in [-0.39, 0.29) is 83.4 Å². The Labute approximate surface area is 261 Å². The number of aliphatic carboxylic acids is 1. The number of carbonyl (C=O) groups is 1. The molecule has 6 nitrogen and oxygen atoms in total. The molecule has 2 atom stereocenters. The number of benzene rings is 2. The van der Waals surface area contributed by atoms with Gasteiger partial charge in [-0.1, -0.05) is 50.2 Å². The van der Waals surface area contributed by atoms with Crippen LogP contribution in [0.1, 0.15) is 43.0 Å². The van der Waals surface area contributed by atoms with E-state index in [1.807, 2.05) is 50.2 Å². The van der Waals surface area contributed by atoms with Crippen LogP contribution in [-0.4, -0.2) is 34.5 Å². The predicted molar refractivity (Wildman–Crippen MR) is 131 cm³/mol. The van der Waals surface area contributed by atoms with E-state index in [0.717, 1.165) is 33.6 Å². The van der Waals surface area contributed by atoms with E-state index in [2.05, 4.69) is 0 Å². The van der Waals surface area contributed by atoms with Crippen molar-refractivity contribution in [1.29, 1.82) is 0 Å². The molecular weight excluding hydrogens is 514 g/mol. The number of aryl methyl sites for hydroxylation is 1. The number of aliphatic hydroxyl groups excluding tert-OH is 1. The van der Waals surface area contributed by atoms with Crippen LogP contribution in [0.5, 0.6) is 0 Å². The SMILES string of the molecule is Cc1cc(F)ccc1-c1cc(-c2ccccc2)nc(C(C)C)c1CCP(=O)([O-])C[C@H](O)CC(=O)[O-].[Na+].[Na+]. The van der Waals surface area contributed by atoms with Gasteiger partial charge in [-0.2, -0.15) is 0 Å². The first kappa shape index (κ1) is 34.2. The molecule has 0 aliphatic rings. The molecular formula is C27H29FNNa2O5P. The largest absolute Gasteiger partial charge is 1.00 e. The first-order valence-corrected chi connectivity index (χ1v) is 13.5. The molecule has 186 valence electrons. The number of carboxylic acid groups (broad SMARTS) is 1. The van der Waals surface area contributed by atoms with Gasteiger partial charge in [-0.25, -0.2) is 4.39 Å². The maximum absolute atomic E-state index is 13.9. The summed E-state index contributed by atoms with van der Waals surface area (Å²) in [5.41, 5.74) is 5.37. The van der Waals surface area contributed by atoms with Gasteiger partial charge in [-0.05, 0) is 65.9 Å². The van der Waals surface area contributed by atoms with Crippen molar-refractivity contribution in [2.45, 2.75) is 45.6 Å². The third-order valence-corrected chi connectivity index (χ3v) is 7.73. The number of aromatic nitrogens is 1. The Morgan fingerprint density at radius 1 is 1.08 bits per heavy atom. The molecule has 0 aliphatic heterocycles. The summed E-state index contributed by atoms with van der Waals surface area (Å²) >= 11 is 0. The van der Waals surface area contributed by atoms with Gasteiger partial charge in [-0.3, -0.25) is 4.98 Å². The standard InChI is InChI=1S/C27H31FNO5P.2Na/c1-17(2)27-23(11-12-35(33,34)16-21(30)14-26(31)32)24(22-10-9-20(28)13-18(22)3)15-25(29-27)19-7-5-4-6-8-19;;/h4-10,13,15,17,21,30H,11-12,14,16H2,1-3H3,(H,31,32)(H,33,34);;/q;2*+1/p-2/t21-;;/m1../s1. The Morgan fingerprint density at radius 2 is 1.73 bits per heavy atom. The van der Waals surface area contributed by atoms with Crippen molar-refractivity contribution in [2.24, 2.45) is 0 Å². The fraction of sp³-hybridized carbons (Fsp3) is 0.333. The fourth-order valence-corrected chi connectivity index (χ4v) is 5.73. The van der Waals surface area contributed by atoms with E-state index in [9.17, 15) is 28.9 Å². The molecule has 1 N–H and O–H groups in total. The molecule has 0 saturated carbocycles. The van der Waals surface area contributed by atoms with Crippen LogP contribution in [0, 0.1) is 12.7 Å². The van der Waals surface area contributed by atoms with Gasteiger partial charge in [0.2, 0.25) is 0 Å². The molecule has 3 aromatic rings. The van der Waals surface area contributed by atoms with Crippen LogP contribution in [0.3, 0.4) is 0 Å². The molecule has 2 aromatic carbocycles.